The normalized spacial score (nSPS) is 11.9. The van der Waals surface area contributed by atoms with Crippen LogP contribution in [0.2, 0.25) is 0 Å². The Morgan fingerprint density at radius 1 is 1.44 bits per heavy atom. The second-order valence-corrected chi connectivity index (χ2v) is 4.97. The minimum absolute atomic E-state index is 0.0341. The van der Waals surface area contributed by atoms with E-state index in [0.717, 1.165) is 16.6 Å². The minimum atomic E-state index is -0.0550. The van der Waals surface area contributed by atoms with Crippen LogP contribution in [0, 0.1) is 0 Å². The van der Waals surface area contributed by atoms with Crippen molar-refractivity contribution in [2.45, 2.75) is 25.8 Å². The molecule has 0 aliphatic rings. The summed E-state index contributed by atoms with van der Waals surface area (Å²) in [4.78, 5) is 11.6. The molecule has 0 heterocycles. The van der Waals surface area contributed by atoms with Crippen LogP contribution in [-0.4, -0.2) is 25.0 Å². The number of benzene rings is 1. The number of para-hydroxylation sites is 1. The third-order valence-corrected chi connectivity index (χ3v) is 3.21. The van der Waals surface area contributed by atoms with Gasteiger partial charge in [-0.15, -0.1) is 0 Å². The zero-order valence-corrected chi connectivity index (χ0v) is 12.2. The van der Waals surface area contributed by atoms with Crippen LogP contribution < -0.4 is 16.4 Å². The first-order valence-electron chi connectivity index (χ1n) is 6.15. The van der Waals surface area contributed by atoms with Gasteiger partial charge in [0, 0.05) is 35.7 Å². The van der Waals surface area contributed by atoms with Crippen molar-refractivity contribution < 1.29 is 4.79 Å². The lowest BCUT2D eigenvalue weighted by Crippen LogP contribution is -2.36. The summed E-state index contributed by atoms with van der Waals surface area (Å²) in [7, 11) is 0. The lowest BCUT2D eigenvalue weighted by molar-refractivity contribution is -0.121. The van der Waals surface area contributed by atoms with E-state index >= 15 is 0 Å². The third kappa shape index (κ3) is 5.06. The quantitative estimate of drug-likeness (QED) is 0.722. The molecule has 1 aromatic carbocycles. The van der Waals surface area contributed by atoms with E-state index in [-0.39, 0.29) is 11.9 Å². The third-order valence-electron chi connectivity index (χ3n) is 2.52. The van der Waals surface area contributed by atoms with Gasteiger partial charge in [-0.05, 0) is 34.5 Å². The molecule has 18 heavy (non-hydrogen) atoms. The number of hydrogen-bond donors (Lipinski definition) is 3. The summed E-state index contributed by atoms with van der Waals surface area (Å²) in [5.74, 6) is 0.0341. The van der Waals surface area contributed by atoms with Crippen LogP contribution in [0.1, 0.15) is 19.8 Å². The maximum atomic E-state index is 11.6. The van der Waals surface area contributed by atoms with Crippen molar-refractivity contribution in [2.75, 3.05) is 18.4 Å². The van der Waals surface area contributed by atoms with Gasteiger partial charge in [0.05, 0.1) is 0 Å². The number of nitrogens with one attached hydrogen (secondary N) is 2. The second kappa shape index (κ2) is 8.11. The van der Waals surface area contributed by atoms with Gasteiger partial charge in [0.2, 0.25) is 5.91 Å². The van der Waals surface area contributed by atoms with Crippen LogP contribution in [0.15, 0.2) is 28.7 Å². The molecule has 0 aliphatic heterocycles. The SMILES string of the molecule is CCCNC(=O)CC(CN)Nc1ccccc1Br. The zero-order valence-electron chi connectivity index (χ0n) is 10.6. The Balaban J connectivity index is 2.52. The number of anilines is 1. The Bertz CT molecular complexity index is 384. The molecule has 4 nitrogen and oxygen atoms in total. The average Bonchev–Trinajstić information content (AvgIpc) is 2.38. The van der Waals surface area contributed by atoms with Gasteiger partial charge < -0.3 is 16.4 Å². The van der Waals surface area contributed by atoms with Crippen molar-refractivity contribution in [1.29, 1.82) is 0 Å². The predicted molar refractivity (Wildman–Crippen MR) is 78.5 cm³/mol. The van der Waals surface area contributed by atoms with E-state index in [1.54, 1.807) is 0 Å². The maximum absolute atomic E-state index is 11.6. The molecule has 0 aromatic heterocycles. The van der Waals surface area contributed by atoms with Crippen LogP contribution in [0.3, 0.4) is 0 Å². The Kier molecular flexibility index (Phi) is 6.75. The number of hydrogen-bond acceptors (Lipinski definition) is 3. The smallest absolute Gasteiger partial charge is 0.222 e. The standard InChI is InChI=1S/C13H20BrN3O/c1-2-7-16-13(18)8-10(9-15)17-12-6-4-3-5-11(12)14/h3-6,10,17H,2,7-9,15H2,1H3,(H,16,18). The predicted octanol–water partition coefficient (Wildman–Crippen LogP) is 2.10. The summed E-state index contributed by atoms with van der Waals surface area (Å²) in [5, 5.41) is 6.12. The number of carbonyl (C=O) groups is 1. The van der Waals surface area contributed by atoms with Crippen LogP contribution in [0.4, 0.5) is 5.69 Å². The van der Waals surface area contributed by atoms with E-state index in [2.05, 4.69) is 26.6 Å². The summed E-state index contributed by atoms with van der Waals surface area (Å²) >= 11 is 3.46. The van der Waals surface area contributed by atoms with Crippen LogP contribution in [0.5, 0.6) is 0 Å². The molecule has 0 saturated heterocycles. The molecule has 1 atom stereocenters. The van der Waals surface area contributed by atoms with E-state index in [9.17, 15) is 4.79 Å². The Morgan fingerprint density at radius 3 is 2.78 bits per heavy atom. The summed E-state index contributed by atoms with van der Waals surface area (Å²) in [5.41, 5.74) is 6.64. The minimum Gasteiger partial charge on any atom is -0.380 e. The van der Waals surface area contributed by atoms with Crippen molar-refractivity contribution >= 4 is 27.5 Å². The fourth-order valence-electron chi connectivity index (χ4n) is 1.55. The Morgan fingerprint density at radius 2 is 2.17 bits per heavy atom. The molecule has 0 bridgehead atoms. The Labute approximate surface area is 116 Å². The number of amides is 1. The Hall–Kier alpha value is -1.07. The number of rotatable bonds is 7. The van der Waals surface area contributed by atoms with Crippen LogP contribution in [0.25, 0.3) is 0 Å². The summed E-state index contributed by atoms with van der Waals surface area (Å²) < 4.78 is 0.970. The number of carbonyl (C=O) groups excluding carboxylic acids is 1. The highest BCUT2D eigenvalue weighted by molar-refractivity contribution is 9.10. The van der Waals surface area contributed by atoms with E-state index in [1.807, 2.05) is 31.2 Å². The summed E-state index contributed by atoms with van der Waals surface area (Å²) in [6.45, 7) is 3.16. The monoisotopic (exact) mass is 313 g/mol. The van der Waals surface area contributed by atoms with E-state index in [1.165, 1.54) is 0 Å². The van der Waals surface area contributed by atoms with Crippen LogP contribution >= 0.6 is 15.9 Å². The highest BCUT2D eigenvalue weighted by atomic mass is 79.9. The maximum Gasteiger partial charge on any atom is 0.222 e. The van der Waals surface area contributed by atoms with E-state index in [4.69, 9.17) is 5.73 Å². The first-order valence-corrected chi connectivity index (χ1v) is 6.94. The van der Waals surface area contributed by atoms with Gasteiger partial charge in [-0.1, -0.05) is 19.1 Å². The molecule has 1 aromatic rings. The first-order chi connectivity index (χ1) is 8.67. The van der Waals surface area contributed by atoms with Crippen molar-refractivity contribution in [2.24, 2.45) is 5.73 Å². The highest BCUT2D eigenvalue weighted by Gasteiger charge is 2.12. The molecular weight excluding hydrogens is 294 g/mol. The summed E-state index contributed by atoms with van der Waals surface area (Å²) in [6, 6.07) is 7.74. The molecule has 0 spiro atoms. The van der Waals surface area contributed by atoms with Crippen LogP contribution in [-0.2, 0) is 4.79 Å². The average molecular weight is 314 g/mol. The van der Waals surface area contributed by atoms with Gasteiger partial charge in [-0.2, -0.15) is 0 Å². The van der Waals surface area contributed by atoms with Gasteiger partial charge in [0.1, 0.15) is 0 Å². The molecule has 1 amide bonds. The molecule has 0 aliphatic carbocycles. The molecule has 0 saturated carbocycles. The van der Waals surface area contributed by atoms with Gasteiger partial charge in [-0.3, -0.25) is 4.79 Å². The van der Waals surface area contributed by atoms with Gasteiger partial charge in [0.15, 0.2) is 0 Å². The molecule has 1 unspecified atom stereocenters. The number of halogens is 1. The highest BCUT2D eigenvalue weighted by Crippen LogP contribution is 2.22. The van der Waals surface area contributed by atoms with Gasteiger partial charge >= 0.3 is 0 Å². The summed E-state index contributed by atoms with van der Waals surface area (Å²) in [6.07, 6.45) is 1.33. The van der Waals surface area contributed by atoms with Crippen molar-refractivity contribution in [3.05, 3.63) is 28.7 Å². The molecule has 4 N–H and O–H groups in total. The fourth-order valence-corrected chi connectivity index (χ4v) is 1.95. The molecule has 0 fully saturated rings. The van der Waals surface area contributed by atoms with Crippen molar-refractivity contribution in [3.63, 3.8) is 0 Å². The first kappa shape index (κ1) is 15.0. The molecule has 0 radical (unpaired) electrons. The largest absolute Gasteiger partial charge is 0.380 e. The van der Waals surface area contributed by atoms with E-state index < -0.39 is 0 Å². The number of nitrogens with two attached hydrogens (primary N) is 1. The van der Waals surface area contributed by atoms with Crippen molar-refractivity contribution in [3.8, 4) is 0 Å². The lowest BCUT2D eigenvalue weighted by atomic mass is 10.2. The van der Waals surface area contributed by atoms with E-state index in [0.29, 0.717) is 19.5 Å². The molecular formula is C13H20BrN3O. The fraction of sp³-hybridized carbons (Fsp3) is 0.462. The van der Waals surface area contributed by atoms with Gasteiger partial charge in [0.25, 0.3) is 0 Å². The molecule has 100 valence electrons. The molecule has 5 heteroatoms. The zero-order chi connectivity index (χ0) is 13.4. The second-order valence-electron chi connectivity index (χ2n) is 4.11. The molecule has 1 rings (SSSR count). The lowest BCUT2D eigenvalue weighted by Gasteiger charge is -2.18. The van der Waals surface area contributed by atoms with Crippen molar-refractivity contribution in [1.82, 2.24) is 5.32 Å². The van der Waals surface area contributed by atoms with Gasteiger partial charge in [-0.25, -0.2) is 0 Å². The topological polar surface area (TPSA) is 67.2 Å².